The van der Waals surface area contributed by atoms with Crippen molar-refractivity contribution in [2.45, 2.75) is 13.0 Å². The molecule has 5 nitrogen and oxygen atoms in total. The van der Waals surface area contributed by atoms with Gasteiger partial charge in [0.15, 0.2) is 0 Å². The summed E-state index contributed by atoms with van der Waals surface area (Å²) in [5, 5.41) is 11.0. The summed E-state index contributed by atoms with van der Waals surface area (Å²) >= 11 is 0. The predicted molar refractivity (Wildman–Crippen MR) is 79.2 cm³/mol. The molecule has 0 saturated heterocycles. The Hall–Kier alpha value is -2.72. The van der Waals surface area contributed by atoms with Crippen LogP contribution in [0.25, 0.3) is 0 Å². The third-order valence-electron chi connectivity index (χ3n) is 3.07. The van der Waals surface area contributed by atoms with Crippen LogP contribution in [0.4, 0.5) is 14.5 Å². The van der Waals surface area contributed by atoms with Gasteiger partial charge in [0.25, 0.3) is 0 Å². The minimum atomic E-state index is -0.714. The summed E-state index contributed by atoms with van der Waals surface area (Å²) in [5.41, 5.74) is -0.215. The molecule has 120 valence electrons. The number of nitriles is 1. The quantitative estimate of drug-likeness (QED) is 0.852. The van der Waals surface area contributed by atoms with Crippen molar-refractivity contribution in [3.63, 3.8) is 0 Å². The molecule has 0 radical (unpaired) electrons. The Morgan fingerprint density at radius 1 is 1.35 bits per heavy atom. The Kier molecular flexibility index (Phi) is 5.83. The van der Waals surface area contributed by atoms with Crippen LogP contribution in [-0.4, -0.2) is 23.9 Å². The van der Waals surface area contributed by atoms with Gasteiger partial charge in [-0.15, -0.1) is 0 Å². The van der Waals surface area contributed by atoms with Crippen LogP contribution in [0.1, 0.15) is 12.2 Å². The van der Waals surface area contributed by atoms with Crippen molar-refractivity contribution in [1.29, 1.82) is 5.26 Å². The fourth-order valence-corrected chi connectivity index (χ4v) is 2.03. The van der Waals surface area contributed by atoms with E-state index in [1.807, 2.05) is 6.07 Å². The van der Waals surface area contributed by atoms with E-state index in [-0.39, 0.29) is 18.7 Å². The number of hydrogen-bond donors (Lipinski definition) is 1. The summed E-state index contributed by atoms with van der Waals surface area (Å²) in [7, 11) is 0. The first kappa shape index (κ1) is 16.6. The highest BCUT2D eigenvalue weighted by Gasteiger charge is 2.14. The second kappa shape index (κ2) is 8.06. The van der Waals surface area contributed by atoms with Crippen LogP contribution in [0.15, 0.2) is 41.0 Å². The van der Waals surface area contributed by atoms with Crippen LogP contribution in [0.5, 0.6) is 0 Å². The van der Waals surface area contributed by atoms with Gasteiger partial charge in [-0.2, -0.15) is 5.26 Å². The first-order valence-corrected chi connectivity index (χ1v) is 6.95. The number of carbonyl (C=O) groups is 1. The van der Waals surface area contributed by atoms with E-state index in [9.17, 15) is 13.6 Å². The van der Waals surface area contributed by atoms with Gasteiger partial charge in [0.05, 0.1) is 31.1 Å². The molecule has 0 saturated carbocycles. The zero-order chi connectivity index (χ0) is 16.7. The summed E-state index contributed by atoms with van der Waals surface area (Å²) in [6.07, 6.45) is 1.75. The summed E-state index contributed by atoms with van der Waals surface area (Å²) in [6, 6.07) is 8.31. The maximum Gasteiger partial charge on any atom is 0.238 e. The van der Waals surface area contributed by atoms with E-state index in [0.29, 0.717) is 18.8 Å². The van der Waals surface area contributed by atoms with E-state index >= 15 is 0 Å². The van der Waals surface area contributed by atoms with Gasteiger partial charge in [-0.1, -0.05) is 0 Å². The van der Waals surface area contributed by atoms with Crippen molar-refractivity contribution in [3.8, 4) is 6.07 Å². The average Bonchev–Trinajstić information content (AvgIpc) is 3.01. The van der Waals surface area contributed by atoms with Gasteiger partial charge < -0.3 is 9.73 Å². The largest absolute Gasteiger partial charge is 0.468 e. The lowest BCUT2D eigenvalue weighted by Crippen LogP contribution is -2.33. The van der Waals surface area contributed by atoms with E-state index in [1.54, 1.807) is 17.0 Å². The Bertz CT molecular complexity index is 696. The van der Waals surface area contributed by atoms with Crippen LogP contribution in [0.3, 0.4) is 0 Å². The van der Waals surface area contributed by atoms with Gasteiger partial charge in [-0.3, -0.25) is 9.69 Å². The van der Waals surface area contributed by atoms with Crippen LogP contribution in [0.2, 0.25) is 0 Å². The molecule has 2 aromatic rings. The Labute approximate surface area is 132 Å². The monoisotopic (exact) mass is 319 g/mol. The topological polar surface area (TPSA) is 69.3 Å². The minimum Gasteiger partial charge on any atom is -0.468 e. The lowest BCUT2D eigenvalue weighted by atomic mass is 10.3. The maximum atomic E-state index is 13.5. The maximum absolute atomic E-state index is 13.5. The van der Waals surface area contributed by atoms with Crippen LogP contribution < -0.4 is 5.32 Å². The molecule has 2 rings (SSSR count). The fourth-order valence-electron chi connectivity index (χ4n) is 2.03. The molecule has 0 aliphatic rings. The summed E-state index contributed by atoms with van der Waals surface area (Å²) in [6.45, 7) is 0.627. The number of halogens is 2. The molecule has 1 heterocycles. The normalized spacial score (nSPS) is 10.5. The van der Waals surface area contributed by atoms with Gasteiger partial charge in [0.2, 0.25) is 5.91 Å². The third kappa shape index (κ3) is 5.20. The molecule has 0 bridgehead atoms. The number of anilines is 1. The van der Waals surface area contributed by atoms with Crippen molar-refractivity contribution in [2.75, 3.05) is 18.4 Å². The summed E-state index contributed by atoms with van der Waals surface area (Å²) in [5.74, 6) is -1.21. The number of nitrogens with zero attached hydrogens (tertiary/aromatic N) is 2. The lowest BCUT2D eigenvalue weighted by molar-refractivity contribution is -0.117. The predicted octanol–water partition coefficient (Wildman–Crippen LogP) is 2.91. The number of nitrogens with one attached hydrogen (secondary N) is 1. The van der Waals surface area contributed by atoms with Crippen LogP contribution >= 0.6 is 0 Å². The summed E-state index contributed by atoms with van der Waals surface area (Å²) in [4.78, 5) is 13.7. The molecule has 0 unspecified atom stereocenters. The SMILES string of the molecule is N#CCCN(CC(=O)Nc1cc(F)ccc1F)Cc1ccco1. The van der Waals surface area contributed by atoms with Crippen molar-refractivity contribution >= 4 is 11.6 Å². The Morgan fingerprint density at radius 2 is 2.17 bits per heavy atom. The highest BCUT2D eigenvalue weighted by molar-refractivity contribution is 5.92. The molecule has 0 atom stereocenters. The molecule has 7 heteroatoms. The van der Waals surface area contributed by atoms with E-state index in [4.69, 9.17) is 9.68 Å². The highest BCUT2D eigenvalue weighted by atomic mass is 19.1. The van der Waals surface area contributed by atoms with Crippen molar-refractivity contribution < 1.29 is 18.0 Å². The molecule has 0 aliphatic carbocycles. The third-order valence-corrected chi connectivity index (χ3v) is 3.07. The van der Waals surface area contributed by atoms with E-state index in [0.717, 1.165) is 18.2 Å². The average molecular weight is 319 g/mol. The molecule has 0 spiro atoms. The van der Waals surface area contributed by atoms with E-state index in [2.05, 4.69) is 5.32 Å². The standard InChI is InChI=1S/C16H15F2N3O2/c17-12-4-5-14(18)15(9-12)20-16(22)11-21(7-2-6-19)10-13-3-1-8-23-13/h1,3-5,8-9H,2,7,10-11H2,(H,20,22). The van der Waals surface area contributed by atoms with Gasteiger partial charge in [-0.25, -0.2) is 8.78 Å². The molecular weight excluding hydrogens is 304 g/mol. The number of carbonyl (C=O) groups excluding carboxylic acids is 1. The molecule has 1 aromatic heterocycles. The zero-order valence-electron chi connectivity index (χ0n) is 12.3. The molecule has 0 fully saturated rings. The minimum absolute atomic E-state index is 0.0711. The summed E-state index contributed by atoms with van der Waals surface area (Å²) < 4.78 is 31.8. The van der Waals surface area contributed by atoms with E-state index < -0.39 is 17.5 Å². The molecule has 1 N–H and O–H groups in total. The number of amides is 1. The Morgan fingerprint density at radius 3 is 2.87 bits per heavy atom. The fraction of sp³-hybridized carbons (Fsp3) is 0.250. The Balaban J connectivity index is 1.99. The van der Waals surface area contributed by atoms with Crippen molar-refractivity contribution in [1.82, 2.24) is 4.90 Å². The van der Waals surface area contributed by atoms with Gasteiger partial charge in [-0.05, 0) is 24.3 Å². The first-order valence-electron chi connectivity index (χ1n) is 6.95. The molecular formula is C16H15F2N3O2. The van der Waals surface area contributed by atoms with Gasteiger partial charge in [0, 0.05) is 19.0 Å². The number of furan rings is 1. The second-order valence-corrected chi connectivity index (χ2v) is 4.87. The van der Waals surface area contributed by atoms with Crippen LogP contribution in [-0.2, 0) is 11.3 Å². The van der Waals surface area contributed by atoms with E-state index in [1.165, 1.54) is 6.26 Å². The smallest absolute Gasteiger partial charge is 0.238 e. The second-order valence-electron chi connectivity index (χ2n) is 4.87. The first-order chi connectivity index (χ1) is 11.1. The molecule has 0 aliphatic heterocycles. The van der Waals surface area contributed by atoms with Gasteiger partial charge >= 0.3 is 0 Å². The number of rotatable bonds is 7. The number of hydrogen-bond acceptors (Lipinski definition) is 4. The number of benzene rings is 1. The van der Waals surface area contributed by atoms with Crippen LogP contribution in [0, 0.1) is 23.0 Å². The molecule has 1 amide bonds. The van der Waals surface area contributed by atoms with Gasteiger partial charge in [0.1, 0.15) is 17.4 Å². The molecule has 1 aromatic carbocycles. The zero-order valence-corrected chi connectivity index (χ0v) is 12.3. The lowest BCUT2D eigenvalue weighted by Gasteiger charge is -2.19. The highest BCUT2D eigenvalue weighted by Crippen LogP contribution is 2.15. The van der Waals surface area contributed by atoms with Crippen molar-refractivity contribution in [2.24, 2.45) is 0 Å². The van der Waals surface area contributed by atoms with Crippen molar-refractivity contribution in [3.05, 3.63) is 54.0 Å². The molecule has 23 heavy (non-hydrogen) atoms.